The second kappa shape index (κ2) is 6.87. The maximum atomic E-state index is 11.9. The van der Waals surface area contributed by atoms with Crippen LogP contribution in [-0.2, 0) is 21.2 Å². The van der Waals surface area contributed by atoms with Crippen molar-refractivity contribution in [3.05, 3.63) is 42.5 Å². The van der Waals surface area contributed by atoms with Crippen molar-refractivity contribution < 1.29 is 13.2 Å². The SMILES string of the molecule is C=CCNS(=O)(=O)c1ccc(CCN2CCCC2=O)cc1. The lowest BCUT2D eigenvalue weighted by atomic mass is 10.1. The molecule has 5 nitrogen and oxygen atoms in total. The van der Waals surface area contributed by atoms with E-state index < -0.39 is 10.0 Å². The number of likely N-dealkylation sites (tertiary alicyclic amines) is 1. The van der Waals surface area contributed by atoms with Gasteiger partial charge in [-0.25, -0.2) is 13.1 Å². The van der Waals surface area contributed by atoms with Gasteiger partial charge in [-0.15, -0.1) is 6.58 Å². The molecule has 6 heteroatoms. The summed E-state index contributed by atoms with van der Waals surface area (Å²) in [7, 11) is -3.46. The molecular weight excluding hydrogens is 288 g/mol. The third kappa shape index (κ3) is 4.15. The molecule has 21 heavy (non-hydrogen) atoms. The molecule has 0 atom stereocenters. The summed E-state index contributed by atoms with van der Waals surface area (Å²) >= 11 is 0. The third-order valence-electron chi connectivity index (χ3n) is 3.49. The monoisotopic (exact) mass is 308 g/mol. The van der Waals surface area contributed by atoms with Gasteiger partial charge in [-0.2, -0.15) is 0 Å². The van der Waals surface area contributed by atoms with E-state index >= 15 is 0 Å². The fraction of sp³-hybridized carbons (Fsp3) is 0.400. The summed E-state index contributed by atoms with van der Waals surface area (Å²) in [6, 6.07) is 6.77. The van der Waals surface area contributed by atoms with Crippen LogP contribution in [0.15, 0.2) is 41.8 Å². The normalized spacial score (nSPS) is 15.4. The minimum absolute atomic E-state index is 0.209. The Bertz CT molecular complexity index is 608. The fourth-order valence-corrected chi connectivity index (χ4v) is 3.29. The fourth-order valence-electron chi connectivity index (χ4n) is 2.29. The highest BCUT2D eigenvalue weighted by atomic mass is 32.2. The number of rotatable bonds is 7. The summed E-state index contributed by atoms with van der Waals surface area (Å²) in [5.74, 6) is 0.211. The Kier molecular flexibility index (Phi) is 5.14. The highest BCUT2D eigenvalue weighted by molar-refractivity contribution is 7.89. The van der Waals surface area contributed by atoms with Crippen LogP contribution in [0.5, 0.6) is 0 Å². The van der Waals surface area contributed by atoms with E-state index in [1.807, 2.05) is 4.90 Å². The predicted molar refractivity (Wildman–Crippen MR) is 81.3 cm³/mol. The Morgan fingerprint density at radius 3 is 2.57 bits per heavy atom. The number of nitrogens with one attached hydrogen (secondary N) is 1. The maximum absolute atomic E-state index is 11.9. The lowest BCUT2D eigenvalue weighted by Gasteiger charge is -2.15. The van der Waals surface area contributed by atoms with Gasteiger partial charge < -0.3 is 4.90 Å². The van der Waals surface area contributed by atoms with Crippen molar-refractivity contribution >= 4 is 15.9 Å². The molecule has 1 N–H and O–H groups in total. The number of hydrogen-bond donors (Lipinski definition) is 1. The molecule has 1 amide bonds. The van der Waals surface area contributed by atoms with E-state index in [-0.39, 0.29) is 17.3 Å². The molecule has 0 aromatic heterocycles. The first kappa shape index (κ1) is 15.7. The molecule has 0 aliphatic carbocycles. The molecular formula is C15H20N2O3S. The molecule has 114 valence electrons. The molecule has 0 spiro atoms. The van der Waals surface area contributed by atoms with Gasteiger partial charge in [-0.3, -0.25) is 4.79 Å². The standard InChI is InChI=1S/C15H20N2O3S/c1-2-10-16-21(19,20)14-7-5-13(6-8-14)9-12-17-11-3-4-15(17)18/h2,5-8,16H,1,3-4,9-12H2. The minimum atomic E-state index is -3.46. The van der Waals surface area contributed by atoms with Gasteiger partial charge in [0.25, 0.3) is 0 Å². The van der Waals surface area contributed by atoms with E-state index in [1.165, 1.54) is 6.08 Å². The third-order valence-corrected chi connectivity index (χ3v) is 4.93. The summed E-state index contributed by atoms with van der Waals surface area (Å²) in [5, 5.41) is 0. The quantitative estimate of drug-likeness (QED) is 0.773. The Morgan fingerprint density at radius 2 is 2.00 bits per heavy atom. The van der Waals surface area contributed by atoms with E-state index in [1.54, 1.807) is 24.3 Å². The molecule has 1 aromatic rings. The number of nitrogens with zero attached hydrogens (tertiary/aromatic N) is 1. The first-order valence-electron chi connectivity index (χ1n) is 7.00. The van der Waals surface area contributed by atoms with E-state index in [2.05, 4.69) is 11.3 Å². The average Bonchev–Trinajstić information content (AvgIpc) is 2.89. The Hall–Kier alpha value is -1.66. The van der Waals surface area contributed by atoms with Crippen LogP contribution in [0.25, 0.3) is 0 Å². The summed E-state index contributed by atoms with van der Waals surface area (Å²) < 4.78 is 26.2. The molecule has 2 rings (SSSR count). The van der Waals surface area contributed by atoms with E-state index in [0.717, 1.165) is 24.9 Å². The summed E-state index contributed by atoms with van der Waals surface area (Å²) in [6.45, 7) is 5.21. The molecule has 0 unspecified atom stereocenters. The van der Waals surface area contributed by atoms with Crippen LogP contribution in [0, 0.1) is 0 Å². The van der Waals surface area contributed by atoms with Gasteiger partial charge in [-0.05, 0) is 30.5 Å². The Balaban J connectivity index is 1.95. The molecule has 1 fully saturated rings. The molecule has 0 saturated carbocycles. The molecule has 1 heterocycles. The van der Waals surface area contributed by atoms with Crippen LogP contribution < -0.4 is 4.72 Å². The van der Waals surface area contributed by atoms with Crippen molar-refractivity contribution in [2.75, 3.05) is 19.6 Å². The van der Waals surface area contributed by atoms with E-state index in [9.17, 15) is 13.2 Å². The van der Waals surface area contributed by atoms with Crippen LogP contribution in [-0.4, -0.2) is 38.9 Å². The van der Waals surface area contributed by atoms with Crippen molar-refractivity contribution in [1.29, 1.82) is 0 Å². The molecule has 0 radical (unpaired) electrons. The lowest BCUT2D eigenvalue weighted by molar-refractivity contribution is -0.127. The van der Waals surface area contributed by atoms with Crippen LogP contribution in [0.1, 0.15) is 18.4 Å². The number of benzene rings is 1. The van der Waals surface area contributed by atoms with Gasteiger partial charge >= 0.3 is 0 Å². The van der Waals surface area contributed by atoms with Crippen LogP contribution in [0.4, 0.5) is 0 Å². The summed E-state index contributed by atoms with van der Waals surface area (Å²) in [6.07, 6.45) is 3.82. The van der Waals surface area contributed by atoms with Gasteiger partial charge in [0.15, 0.2) is 0 Å². The topological polar surface area (TPSA) is 66.5 Å². The van der Waals surface area contributed by atoms with Gasteiger partial charge in [0.05, 0.1) is 4.90 Å². The maximum Gasteiger partial charge on any atom is 0.240 e. The zero-order valence-electron chi connectivity index (χ0n) is 11.9. The number of hydrogen-bond acceptors (Lipinski definition) is 3. The van der Waals surface area contributed by atoms with Crippen LogP contribution >= 0.6 is 0 Å². The second-order valence-electron chi connectivity index (χ2n) is 5.02. The molecule has 0 bridgehead atoms. The van der Waals surface area contributed by atoms with E-state index in [4.69, 9.17) is 0 Å². The molecule has 1 aliphatic heterocycles. The predicted octanol–water partition coefficient (Wildman–Crippen LogP) is 1.32. The first-order valence-corrected chi connectivity index (χ1v) is 8.48. The number of sulfonamides is 1. The number of amides is 1. The van der Waals surface area contributed by atoms with Crippen molar-refractivity contribution in [3.8, 4) is 0 Å². The Morgan fingerprint density at radius 1 is 1.29 bits per heavy atom. The van der Waals surface area contributed by atoms with Gasteiger partial charge in [0.1, 0.15) is 0 Å². The highest BCUT2D eigenvalue weighted by Crippen LogP contribution is 2.13. The van der Waals surface area contributed by atoms with Gasteiger partial charge in [-0.1, -0.05) is 18.2 Å². The van der Waals surface area contributed by atoms with Crippen molar-refractivity contribution in [3.63, 3.8) is 0 Å². The van der Waals surface area contributed by atoms with Gasteiger partial charge in [0.2, 0.25) is 15.9 Å². The smallest absolute Gasteiger partial charge is 0.240 e. The largest absolute Gasteiger partial charge is 0.342 e. The highest BCUT2D eigenvalue weighted by Gasteiger charge is 2.19. The van der Waals surface area contributed by atoms with Gasteiger partial charge in [0, 0.05) is 26.1 Å². The first-order chi connectivity index (χ1) is 10.0. The summed E-state index contributed by atoms with van der Waals surface area (Å²) in [5.41, 5.74) is 1.03. The van der Waals surface area contributed by atoms with Crippen LogP contribution in [0.2, 0.25) is 0 Å². The lowest BCUT2D eigenvalue weighted by Crippen LogP contribution is -2.27. The number of carbonyl (C=O) groups is 1. The van der Waals surface area contributed by atoms with Crippen molar-refractivity contribution in [2.45, 2.75) is 24.2 Å². The average molecular weight is 308 g/mol. The van der Waals surface area contributed by atoms with Crippen molar-refractivity contribution in [1.82, 2.24) is 9.62 Å². The van der Waals surface area contributed by atoms with Crippen molar-refractivity contribution in [2.24, 2.45) is 0 Å². The zero-order valence-corrected chi connectivity index (χ0v) is 12.7. The Labute approximate surface area is 125 Å². The molecule has 1 aliphatic rings. The minimum Gasteiger partial charge on any atom is -0.342 e. The molecule has 1 saturated heterocycles. The summed E-state index contributed by atoms with van der Waals surface area (Å²) in [4.78, 5) is 13.6. The number of carbonyl (C=O) groups excluding carboxylic acids is 1. The zero-order chi connectivity index (χ0) is 15.3. The molecule has 1 aromatic carbocycles. The second-order valence-corrected chi connectivity index (χ2v) is 6.79. The van der Waals surface area contributed by atoms with Crippen LogP contribution in [0.3, 0.4) is 0 Å². The van der Waals surface area contributed by atoms with E-state index in [0.29, 0.717) is 13.0 Å².